The highest BCUT2D eigenvalue weighted by molar-refractivity contribution is 5.83. The molecule has 1 aliphatic rings. The molecule has 1 saturated carbocycles. The Bertz CT molecular complexity index is 508. The summed E-state index contributed by atoms with van der Waals surface area (Å²) in [6, 6.07) is 6.80. The Labute approximate surface area is 119 Å². The molecule has 4 nitrogen and oxygen atoms in total. The highest BCUT2D eigenvalue weighted by Crippen LogP contribution is 2.40. The van der Waals surface area contributed by atoms with E-state index in [-0.39, 0.29) is 5.91 Å². The number of carbonyl (C=O) groups excluding carboxylic acids is 1. The largest absolute Gasteiger partial charge is 0.479 e. The van der Waals surface area contributed by atoms with Gasteiger partial charge in [-0.2, -0.15) is 0 Å². The summed E-state index contributed by atoms with van der Waals surface area (Å²) < 4.78 is 0. The Morgan fingerprint density at radius 3 is 2.60 bits per heavy atom. The second-order valence-corrected chi connectivity index (χ2v) is 5.40. The highest BCUT2D eigenvalue weighted by atomic mass is 16.4. The number of benzene rings is 1. The predicted molar refractivity (Wildman–Crippen MR) is 76.5 cm³/mol. The quantitative estimate of drug-likeness (QED) is 0.868. The van der Waals surface area contributed by atoms with Gasteiger partial charge in [0.25, 0.3) is 0 Å². The first-order chi connectivity index (χ1) is 9.54. The molecule has 4 heteroatoms. The van der Waals surface area contributed by atoms with Gasteiger partial charge < -0.3 is 10.0 Å². The lowest BCUT2D eigenvalue weighted by atomic mass is 10.00. The van der Waals surface area contributed by atoms with Crippen molar-refractivity contribution in [1.29, 1.82) is 0 Å². The molecule has 1 N–H and O–H groups in total. The Hall–Kier alpha value is -1.84. The number of nitrogens with zero attached hydrogens (tertiary/aromatic N) is 1. The number of hydrogen-bond donors (Lipinski definition) is 1. The van der Waals surface area contributed by atoms with Gasteiger partial charge in [-0.3, -0.25) is 4.79 Å². The van der Waals surface area contributed by atoms with E-state index in [1.54, 1.807) is 6.07 Å². The molecule has 0 radical (unpaired) electrons. The average molecular weight is 275 g/mol. The summed E-state index contributed by atoms with van der Waals surface area (Å²) in [5.41, 5.74) is 1.89. The molecule has 2 rings (SSSR count). The fraction of sp³-hybridized carbons (Fsp3) is 0.500. The zero-order chi connectivity index (χ0) is 14.7. The van der Waals surface area contributed by atoms with E-state index in [0.29, 0.717) is 18.0 Å². The van der Waals surface area contributed by atoms with Crippen molar-refractivity contribution < 1.29 is 14.7 Å². The van der Waals surface area contributed by atoms with E-state index >= 15 is 0 Å². The fourth-order valence-electron chi connectivity index (χ4n) is 2.56. The molecule has 1 fully saturated rings. The summed E-state index contributed by atoms with van der Waals surface area (Å²) in [6.45, 7) is 3.83. The van der Waals surface area contributed by atoms with E-state index in [1.165, 1.54) is 30.2 Å². The van der Waals surface area contributed by atoms with Gasteiger partial charge in [-0.05, 0) is 36.3 Å². The molecule has 0 spiro atoms. The number of rotatable bonds is 6. The van der Waals surface area contributed by atoms with Crippen LogP contribution < -0.4 is 0 Å². The van der Waals surface area contributed by atoms with Crippen LogP contribution in [0.25, 0.3) is 0 Å². The normalized spacial score (nSPS) is 15.7. The summed E-state index contributed by atoms with van der Waals surface area (Å²) in [5, 5.41) is 9.52. The zero-order valence-electron chi connectivity index (χ0n) is 12.0. The van der Waals surface area contributed by atoms with Crippen LogP contribution in [0.5, 0.6) is 0 Å². The predicted octanol–water partition coefficient (Wildman–Crippen LogP) is 2.95. The molecule has 1 amide bonds. The Morgan fingerprint density at radius 1 is 1.40 bits per heavy atom. The van der Waals surface area contributed by atoms with E-state index in [9.17, 15) is 14.7 Å². The number of aliphatic carboxylic acids is 1. The van der Waals surface area contributed by atoms with E-state index in [2.05, 4.69) is 0 Å². The minimum Gasteiger partial charge on any atom is -0.479 e. The highest BCUT2D eigenvalue weighted by Gasteiger charge is 2.30. The standard InChI is InChI=1S/C16H21NO3/c1-3-9-17(11(2)18)15(16(19)20)14-6-4-5-13(10-14)12-7-8-12/h4-6,10,12,15H,3,7-9H2,1-2H3,(H,19,20). The summed E-state index contributed by atoms with van der Waals surface area (Å²) in [7, 11) is 0. The van der Waals surface area contributed by atoms with Crippen LogP contribution in [0.15, 0.2) is 24.3 Å². The fourth-order valence-corrected chi connectivity index (χ4v) is 2.56. The topological polar surface area (TPSA) is 57.6 Å². The maximum Gasteiger partial charge on any atom is 0.331 e. The lowest BCUT2D eigenvalue weighted by Crippen LogP contribution is -2.38. The van der Waals surface area contributed by atoms with Gasteiger partial charge in [0.2, 0.25) is 5.91 Å². The Morgan fingerprint density at radius 2 is 2.10 bits per heavy atom. The smallest absolute Gasteiger partial charge is 0.331 e. The van der Waals surface area contributed by atoms with E-state index in [0.717, 1.165) is 6.42 Å². The van der Waals surface area contributed by atoms with Gasteiger partial charge in [0.05, 0.1) is 0 Å². The minimum absolute atomic E-state index is 0.198. The lowest BCUT2D eigenvalue weighted by Gasteiger charge is -2.28. The van der Waals surface area contributed by atoms with Crippen LogP contribution >= 0.6 is 0 Å². The van der Waals surface area contributed by atoms with Crippen LogP contribution in [0.4, 0.5) is 0 Å². The van der Waals surface area contributed by atoms with Gasteiger partial charge in [-0.1, -0.05) is 31.2 Å². The Kier molecular flexibility index (Phi) is 4.42. The number of carboxylic acids is 1. The molecule has 20 heavy (non-hydrogen) atoms. The lowest BCUT2D eigenvalue weighted by molar-refractivity contribution is -0.149. The van der Waals surface area contributed by atoms with Crippen molar-refractivity contribution in [2.24, 2.45) is 0 Å². The summed E-state index contributed by atoms with van der Waals surface area (Å²) in [6.07, 6.45) is 3.09. The van der Waals surface area contributed by atoms with Crippen molar-refractivity contribution >= 4 is 11.9 Å². The van der Waals surface area contributed by atoms with Crippen LogP contribution in [0.2, 0.25) is 0 Å². The number of hydrogen-bond acceptors (Lipinski definition) is 2. The third-order valence-electron chi connectivity index (χ3n) is 3.69. The molecule has 0 heterocycles. The minimum atomic E-state index is -0.971. The number of amides is 1. The first-order valence-electron chi connectivity index (χ1n) is 7.14. The first-order valence-corrected chi connectivity index (χ1v) is 7.14. The molecule has 108 valence electrons. The molecular formula is C16H21NO3. The monoisotopic (exact) mass is 275 g/mol. The second kappa shape index (κ2) is 6.07. The van der Waals surface area contributed by atoms with Crippen LogP contribution in [0, 0.1) is 0 Å². The van der Waals surface area contributed by atoms with Gasteiger partial charge in [0.15, 0.2) is 6.04 Å². The molecule has 0 bridgehead atoms. The van der Waals surface area contributed by atoms with Crippen molar-refractivity contribution in [3.8, 4) is 0 Å². The number of carbonyl (C=O) groups is 2. The van der Waals surface area contributed by atoms with Crippen molar-refractivity contribution in [2.45, 2.75) is 45.1 Å². The summed E-state index contributed by atoms with van der Waals surface area (Å²) in [4.78, 5) is 24.8. The molecule has 1 aliphatic carbocycles. The molecule has 1 unspecified atom stereocenters. The maximum atomic E-state index is 11.7. The van der Waals surface area contributed by atoms with Gasteiger partial charge >= 0.3 is 5.97 Å². The van der Waals surface area contributed by atoms with Crippen LogP contribution in [-0.4, -0.2) is 28.4 Å². The molecule has 0 saturated heterocycles. The molecule has 1 aromatic rings. The van der Waals surface area contributed by atoms with Crippen molar-refractivity contribution in [3.63, 3.8) is 0 Å². The third kappa shape index (κ3) is 3.18. The molecule has 0 aromatic heterocycles. The summed E-state index contributed by atoms with van der Waals surface area (Å²) in [5.74, 6) is -0.598. The number of carboxylic acid groups (broad SMARTS) is 1. The van der Waals surface area contributed by atoms with Crippen molar-refractivity contribution in [1.82, 2.24) is 4.90 Å². The van der Waals surface area contributed by atoms with E-state index in [4.69, 9.17) is 0 Å². The molecule has 1 atom stereocenters. The van der Waals surface area contributed by atoms with Gasteiger partial charge in [-0.15, -0.1) is 0 Å². The van der Waals surface area contributed by atoms with Crippen LogP contribution in [0.3, 0.4) is 0 Å². The van der Waals surface area contributed by atoms with Crippen molar-refractivity contribution in [3.05, 3.63) is 35.4 Å². The van der Waals surface area contributed by atoms with Crippen LogP contribution in [0.1, 0.15) is 56.2 Å². The molecule has 1 aromatic carbocycles. The summed E-state index contributed by atoms with van der Waals surface area (Å²) >= 11 is 0. The second-order valence-electron chi connectivity index (χ2n) is 5.40. The molecular weight excluding hydrogens is 254 g/mol. The first kappa shape index (κ1) is 14.6. The van der Waals surface area contributed by atoms with Gasteiger partial charge in [-0.25, -0.2) is 4.79 Å². The SMILES string of the molecule is CCCN(C(C)=O)C(C(=O)O)c1cccc(C2CC2)c1. The van der Waals surface area contributed by atoms with Gasteiger partial charge in [0.1, 0.15) is 0 Å². The van der Waals surface area contributed by atoms with E-state index in [1.807, 2.05) is 25.1 Å². The van der Waals surface area contributed by atoms with E-state index < -0.39 is 12.0 Å². The third-order valence-corrected chi connectivity index (χ3v) is 3.69. The maximum absolute atomic E-state index is 11.7. The average Bonchev–Trinajstić information content (AvgIpc) is 3.22. The molecule has 0 aliphatic heterocycles. The Balaban J connectivity index is 2.33. The van der Waals surface area contributed by atoms with Gasteiger partial charge in [0, 0.05) is 13.5 Å². The van der Waals surface area contributed by atoms with Crippen molar-refractivity contribution in [2.75, 3.05) is 6.54 Å². The van der Waals surface area contributed by atoms with Crippen LogP contribution in [-0.2, 0) is 9.59 Å². The zero-order valence-corrected chi connectivity index (χ0v) is 12.0.